The Labute approximate surface area is 155 Å². The summed E-state index contributed by atoms with van der Waals surface area (Å²) in [6.07, 6.45) is 5.96. The zero-order valence-corrected chi connectivity index (χ0v) is 15.3. The number of nitrogens with zero attached hydrogens (tertiary/aromatic N) is 3. The van der Waals surface area contributed by atoms with Gasteiger partial charge in [0.2, 0.25) is 5.91 Å². The summed E-state index contributed by atoms with van der Waals surface area (Å²) in [5.41, 5.74) is 1.40. The van der Waals surface area contributed by atoms with Crippen LogP contribution in [-0.2, 0) is 4.79 Å². The normalized spacial score (nSPS) is 15.3. The second-order valence-corrected chi connectivity index (χ2v) is 7.51. The van der Waals surface area contributed by atoms with E-state index in [1.54, 1.807) is 13.0 Å². The van der Waals surface area contributed by atoms with Gasteiger partial charge in [-0.2, -0.15) is 0 Å². The van der Waals surface area contributed by atoms with E-state index in [0.717, 1.165) is 41.3 Å². The standard InChI is InChI=1S/C19H20N4O2S/c1-13(18(25)22-8-2-3-9-22)20-17(24)14-6-7-15-16(12-14)26-19(21-15)23-10-4-5-11-23/h4-7,10-13H,2-3,8-9H2,1H3,(H,20,24)/t13-/m0/s1. The maximum Gasteiger partial charge on any atom is 0.251 e. The van der Waals surface area contributed by atoms with Crippen LogP contribution < -0.4 is 5.32 Å². The number of thiazole rings is 1. The van der Waals surface area contributed by atoms with Crippen LogP contribution in [0.4, 0.5) is 0 Å². The molecule has 0 saturated carbocycles. The Hall–Kier alpha value is -2.67. The maximum absolute atomic E-state index is 12.6. The molecule has 0 bridgehead atoms. The molecule has 26 heavy (non-hydrogen) atoms. The number of rotatable bonds is 4. The Balaban J connectivity index is 1.50. The zero-order chi connectivity index (χ0) is 18.1. The summed E-state index contributed by atoms with van der Waals surface area (Å²) >= 11 is 1.53. The van der Waals surface area contributed by atoms with Crippen molar-refractivity contribution in [3.05, 3.63) is 48.3 Å². The first-order valence-corrected chi connectivity index (χ1v) is 9.57. The minimum absolute atomic E-state index is 0.00962. The molecule has 1 aliphatic heterocycles. The van der Waals surface area contributed by atoms with Gasteiger partial charge < -0.3 is 14.8 Å². The van der Waals surface area contributed by atoms with Gasteiger partial charge in [-0.3, -0.25) is 9.59 Å². The van der Waals surface area contributed by atoms with Gasteiger partial charge in [-0.25, -0.2) is 4.98 Å². The van der Waals surface area contributed by atoms with Gasteiger partial charge in [0.15, 0.2) is 5.13 Å². The predicted molar refractivity (Wildman–Crippen MR) is 102 cm³/mol. The van der Waals surface area contributed by atoms with Crippen LogP contribution in [0.3, 0.4) is 0 Å². The number of carbonyl (C=O) groups is 2. The average Bonchev–Trinajstić information content (AvgIpc) is 3.41. The molecule has 4 rings (SSSR count). The molecule has 3 aromatic rings. The van der Waals surface area contributed by atoms with Crippen LogP contribution in [0.5, 0.6) is 0 Å². The predicted octanol–water partition coefficient (Wildman–Crippen LogP) is 2.83. The lowest BCUT2D eigenvalue weighted by Gasteiger charge is -2.21. The summed E-state index contributed by atoms with van der Waals surface area (Å²) < 4.78 is 2.89. The topological polar surface area (TPSA) is 67.2 Å². The second kappa shape index (κ2) is 6.92. The van der Waals surface area contributed by atoms with Gasteiger partial charge in [-0.15, -0.1) is 0 Å². The minimum atomic E-state index is -0.520. The highest BCUT2D eigenvalue weighted by Gasteiger charge is 2.24. The van der Waals surface area contributed by atoms with Gasteiger partial charge in [0, 0.05) is 31.0 Å². The molecule has 0 aliphatic carbocycles. The molecule has 1 N–H and O–H groups in total. The van der Waals surface area contributed by atoms with Crippen LogP contribution >= 0.6 is 11.3 Å². The van der Waals surface area contributed by atoms with Crippen LogP contribution in [0.2, 0.25) is 0 Å². The molecule has 3 heterocycles. The molecule has 6 nitrogen and oxygen atoms in total. The summed E-state index contributed by atoms with van der Waals surface area (Å²) in [6.45, 7) is 3.32. The summed E-state index contributed by atoms with van der Waals surface area (Å²) in [4.78, 5) is 31.3. The molecule has 2 aromatic heterocycles. The van der Waals surface area contributed by atoms with Crippen molar-refractivity contribution in [2.45, 2.75) is 25.8 Å². The lowest BCUT2D eigenvalue weighted by atomic mass is 10.2. The summed E-state index contributed by atoms with van der Waals surface area (Å²) in [5.74, 6) is -0.243. The van der Waals surface area contributed by atoms with Crippen molar-refractivity contribution in [1.29, 1.82) is 0 Å². The Morgan fingerprint density at radius 1 is 1.19 bits per heavy atom. The fraction of sp³-hybridized carbons (Fsp3) is 0.316. The third kappa shape index (κ3) is 3.22. The first kappa shape index (κ1) is 16.8. The van der Waals surface area contributed by atoms with Gasteiger partial charge in [0.25, 0.3) is 5.91 Å². The van der Waals surface area contributed by atoms with E-state index in [0.29, 0.717) is 5.56 Å². The van der Waals surface area contributed by atoms with Crippen molar-refractivity contribution in [2.24, 2.45) is 0 Å². The van der Waals surface area contributed by atoms with Gasteiger partial charge in [0.05, 0.1) is 10.2 Å². The Morgan fingerprint density at radius 3 is 2.65 bits per heavy atom. The van der Waals surface area contributed by atoms with Crippen LogP contribution in [-0.4, -0.2) is 45.4 Å². The third-order valence-corrected chi connectivity index (χ3v) is 5.63. The Morgan fingerprint density at radius 2 is 1.92 bits per heavy atom. The molecule has 1 fully saturated rings. The fourth-order valence-electron chi connectivity index (χ4n) is 3.18. The summed E-state index contributed by atoms with van der Waals surface area (Å²) in [7, 11) is 0. The molecule has 1 aliphatic rings. The van der Waals surface area contributed by atoms with E-state index in [2.05, 4.69) is 10.3 Å². The monoisotopic (exact) mass is 368 g/mol. The van der Waals surface area contributed by atoms with Crippen molar-refractivity contribution < 1.29 is 9.59 Å². The minimum Gasteiger partial charge on any atom is -0.341 e. The number of carbonyl (C=O) groups excluding carboxylic acids is 2. The lowest BCUT2D eigenvalue weighted by Crippen LogP contribution is -2.45. The van der Waals surface area contributed by atoms with Crippen molar-refractivity contribution in [1.82, 2.24) is 19.8 Å². The van der Waals surface area contributed by atoms with Crippen molar-refractivity contribution in [2.75, 3.05) is 13.1 Å². The summed E-state index contributed by atoms with van der Waals surface area (Å²) in [5, 5.41) is 3.68. The SMILES string of the molecule is C[C@H](NC(=O)c1ccc2nc(-n3cccc3)sc2c1)C(=O)N1CCCC1. The summed E-state index contributed by atoms with van der Waals surface area (Å²) in [6, 6.07) is 8.81. The van der Waals surface area contributed by atoms with E-state index in [1.807, 2.05) is 46.1 Å². The van der Waals surface area contributed by atoms with E-state index in [4.69, 9.17) is 0 Å². The quantitative estimate of drug-likeness (QED) is 0.770. The molecule has 1 saturated heterocycles. The molecular formula is C19H20N4O2S. The number of fused-ring (bicyclic) bond motifs is 1. The number of benzene rings is 1. The van der Waals surface area contributed by atoms with Crippen molar-refractivity contribution in [3.63, 3.8) is 0 Å². The van der Waals surface area contributed by atoms with E-state index in [9.17, 15) is 9.59 Å². The van der Waals surface area contributed by atoms with Gasteiger partial charge >= 0.3 is 0 Å². The van der Waals surface area contributed by atoms with Crippen LogP contribution in [0.1, 0.15) is 30.1 Å². The fourth-order valence-corrected chi connectivity index (χ4v) is 4.15. The van der Waals surface area contributed by atoms with E-state index in [-0.39, 0.29) is 11.8 Å². The van der Waals surface area contributed by atoms with E-state index >= 15 is 0 Å². The van der Waals surface area contributed by atoms with Crippen LogP contribution in [0.25, 0.3) is 15.3 Å². The molecule has 134 valence electrons. The molecule has 2 amide bonds. The maximum atomic E-state index is 12.6. The molecule has 1 atom stereocenters. The highest BCUT2D eigenvalue weighted by atomic mass is 32.1. The second-order valence-electron chi connectivity index (χ2n) is 6.50. The Bertz CT molecular complexity index is 942. The number of amides is 2. The van der Waals surface area contributed by atoms with E-state index in [1.165, 1.54) is 11.3 Å². The number of nitrogens with one attached hydrogen (secondary N) is 1. The number of hydrogen-bond donors (Lipinski definition) is 1. The van der Waals surface area contributed by atoms with Crippen LogP contribution in [0, 0.1) is 0 Å². The van der Waals surface area contributed by atoms with E-state index < -0.39 is 6.04 Å². The molecule has 1 aromatic carbocycles. The highest BCUT2D eigenvalue weighted by Crippen LogP contribution is 2.26. The number of hydrogen-bond acceptors (Lipinski definition) is 4. The smallest absolute Gasteiger partial charge is 0.251 e. The van der Waals surface area contributed by atoms with Crippen molar-refractivity contribution in [3.8, 4) is 5.13 Å². The molecule has 0 radical (unpaired) electrons. The van der Waals surface area contributed by atoms with Gasteiger partial charge in [-0.1, -0.05) is 11.3 Å². The van der Waals surface area contributed by atoms with Gasteiger partial charge in [0.1, 0.15) is 6.04 Å². The lowest BCUT2D eigenvalue weighted by molar-refractivity contribution is -0.131. The molecule has 0 spiro atoms. The van der Waals surface area contributed by atoms with Crippen molar-refractivity contribution >= 4 is 33.4 Å². The largest absolute Gasteiger partial charge is 0.341 e. The number of likely N-dealkylation sites (tertiary alicyclic amines) is 1. The zero-order valence-electron chi connectivity index (χ0n) is 14.5. The number of aromatic nitrogens is 2. The van der Waals surface area contributed by atoms with Crippen LogP contribution in [0.15, 0.2) is 42.7 Å². The molecular weight excluding hydrogens is 348 g/mol. The first-order valence-electron chi connectivity index (χ1n) is 8.75. The highest BCUT2D eigenvalue weighted by molar-refractivity contribution is 7.20. The average molecular weight is 368 g/mol. The Kier molecular flexibility index (Phi) is 4.46. The molecule has 7 heteroatoms. The van der Waals surface area contributed by atoms with Gasteiger partial charge in [-0.05, 0) is 50.1 Å². The molecule has 0 unspecified atom stereocenters. The first-order chi connectivity index (χ1) is 12.6. The third-order valence-electron chi connectivity index (χ3n) is 4.60.